The maximum absolute atomic E-state index is 12.3. The van der Waals surface area contributed by atoms with Gasteiger partial charge in [0.25, 0.3) is 0 Å². The van der Waals surface area contributed by atoms with Gasteiger partial charge in [-0.25, -0.2) is 0 Å². The third kappa shape index (κ3) is 4.09. The average molecular weight is 270 g/mol. The van der Waals surface area contributed by atoms with Crippen LogP contribution in [0.1, 0.15) is 33.1 Å². The first-order valence-corrected chi connectivity index (χ1v) is 6.75. The highest BCUT2D eigenvalue weighted by atomic mass is 16.4. The van der Waals surface area contributed by atoms with E-state index in [1.807, 2.05) is 14.1 Å². The summed E-state index contributed by atoms with van der Waals surface area (Å²) in [5.74, 6) is 0.415. The van der Waals surface area contributed by atoms with E-state index >= 15 is 0 Å². The van der Waals surface area contributed by atoms with Crippen molar-refractivity contribution in [2.24, 2.45) is 22.2 Å². The molecule has 0 radical (unpaired) electrons. The summed E-state index contributed by atoms with van der Waals surface area (Å²) in [6.07, 6.45) is 2.23. The molecule has 19 heavy (non-hydrogen) atoms. The monoisotopic (exact) mass is 270 g/mol. The van der Waals surface area contributed by atoms with Gasteiger partial charge in [0.15, 0.2) is 5.84 Å². The van der Waals surface area contributed by atoms with Gasteiger partial charge in [0.1, 0.15) is 5.41 Å². The van der Waals surface area contributed by atoms with E-state index in [2.05, 4.69) is 29.2 Å². The van der Waals surface area contributed by atoms with Gasteiger partial charge in [-0.2, -0.15) is 0 Å². The van der Waals surface area contributed by atoms with E-state index < -0.39 is 5.41 Å². The number of carbonyl (C=O) groups is 1. The van der Waals surface area contributed by atoms with Crippen LogP contribution in [0, 0.1) is 11.3 Å². The fraction of sp³-hybridized carbons (Fsp3) is 0.846. The molecular weight excluding hydrogens is 244 g/mol. The van der Waals surface area contributed by atoms with Crippen molar-refractivity contribution < 1.29 is 10.0 Å². The van der Waals surface area contributed by atoms with Gasteiger partial charge in [-0.1, -0.05) is 19.0 Å². The lowest BCUT2D eigenvalue weighted by molar-refractivity contribution is -0.125. The maximum Gasteiger partial charge on any atom is 0.234 e. The largest absolute Gasteiger partial charge is 0.409 e. The first-order valence-electron chi connectivity index (χ1n) is 6.75. The molecule has 1 atom stereocenters. The van der Waals surface area contributed by atoms with Crippen LogP contribution in [0.3, 0.4) is 0 Å². The molecule has 0 aromatic heterocycles. The number of carbonyl (C=O) groups excluding carboxylic acids is 1. The minimum atomic E-state index is -0.768. The quantitative estimate of drug-likeness (QED) is 0.273. The van der Waals surface area contributed by atoms with Crippen LogP contribution in [0.15, 0.2) is 5.16 Å². The van der Waals surface area contributed by atoms with E-state index in [0.29, 0.717) is 18.8 Å². The molecule has 0 aromatic carbocycles. The first-order chi connectivity index (χ1) is 8.81. The van der Waals surface area contributed by atoms with Crippen LogP contribution in [-0.2, 0) is 4.79 Å². The fourth-order valence-electron chi connectivity index (χ4n) is 2.33. The Bertz CT molecular complexity index is 339. The zero-order valence-electron chi connectivity index (χ0n) is 12.3. The van der Waals surface area contributed by atoms with Crippen molar-refractivity contribution in [1.29, 1.82) is 0 Å². The van der Waals surface area contributed by atoms with Crippen LogP contribution in [-0.4, -0.2) is 48.5 Å². The summed E-state index contributed by atoms with van der Waals surface area (Å²) in [5, 5.41) is 14.8. The lowest BCUT2D eigenvalue weighted by Gasteiger charge is -2.26. The van der Waals surface area contributed by atoms with E-state index in [9.17, 15) is 4.79 Å². The van der Waals surface area contributed by atoms with Gasteiger partial charge >= 0.3 is 0 Å². The topological polar surface area (TPSA) is 91.0 Å². The number of amides is 1. The Hall–Kier alpha value is -1.30. The Kier molecular flexibility index (Phi) is 5.17. The summed E-state index contributed by atoms with van der Waals surface area (Å²) in [7, 11) is 3.96. The molecule has 0 heterocycles. The van der Waals surface area contributed by atoms with Crippen LogP contribution in [0.5, 0.6) is 0 Å². The lowest BCUT2D eigenvalue weighted by atomic mass is 10.0. The second kappa shape index (κ2) is 6.23. The molecule has 6 nitrogen and oxygen atoms in total. The van der Waals surface area contributed by atoms with E-state index in [4.69, 9.17) is 10.9 Å². The molecular formula is C13H26N4O2. The SMILES string of the molecule is CC(C)CC(CN(C)C)NC(=O)C1(C(N)=NO)CC1. The lowest BCUT2D eigenvalue weighted by Crippen LogP contribution is -2.48. The normalized spacial score (nSPS) is 19.6. The van der Waals surface area contributed by atoms with Gasteiger partial charge in [0, 0.05) is 12.6 Å². The minimum Gasteiger partial charge on any atom is -0.409 e. The zero-order chi connectivity index (χ0) is 14.6. The Morgan fingerprint density at radius 2 is 2.05 bits per heavy atom. The summed E-state index contributed by atoms with van der Waals surface area (Å²) in [6, 6.07) is 0.0893. The molecule has 110 valence electrons. The highest BCUT2D eigenvalue weighted by Gasteiger charge is 2.54. The van der Waals surface area contributed by atoms with Crippen molar-refractivity contribution in [3.8, 4) is 0 Å². The van der Waals surface area contributed by atoms with Crippen LogP contribution < -0.4 is 11.1 Å². The molecule has 1 aliphatic rings. The summed E-state index contributed by atoms with van der Waals surface area (Å²) in [4.78, 5) is 14.4. The second-order valence-electron chi connectivity index (χ2n) is 6.13. The summed E-state index contributed by atoms with van der Waals surface area (Å²) in [6.45, 7) is 5.05. The van der Waals surface area contributed by atoms with Crippen LogP contribution in [0.4, 0.5) is 0 Å². The third-order valence-electron chi connectivity index (χ3n) is 3.46. The van der Waals surface area contributed by atoms with Crippen LogP contribution >= 0.6 is 0 Å². The van der Waals surface area contributed by atoms with E-state index in [0.717, 1.165) is 13.0 Å². The molecule has 0 aliphatic heterocycles. The number of hydrogen-bond donors (Lipinski definition) is 3. The molecule has 6 heteroatoms. The smallest absolute Gasteiger partial charge is 0.234 e. The number of nitrogens with zero attached hydrogens (tertiary/aromatic N) is 2. The standard InChI is InChI=1S/C13H26N4O2/c1-9(2)7-10(8-17(3)4)15-12(18)13(5-6-13)11(14)16-19/h9-10,19H,5-8H2,1-4H3,(H2,14,16)(H,15,18). The minimum absolute atomic E-state index is 0.0261. The van der Waals surface area contributed by atoms with Gasteiger partial charge in [0.05, 0.1) is 0 Å². The third-order valence-corrected chi connectivity index (χ3v) is 3.46. The summed E-state index contributed by atoms with van der Waals surface area (Å²) < 4.78 is 0. The number of likely N-dealkylation sites (N-methyl/N-ethyl adjacent to an activating group) is 1. The van der Waals surface area contributed by atoms with Crippen molar-refractivity contribution in [3.05, 3.63) is 0 Å². The molecule has 1 aliphatic carbocycles. The molecule has 1 fully saturated rings. The molecule has 1 saturated carbocycles. The predicted octanol–water partition coefficient (Wildman–Crippen LogP) is 0.606. The Labute approximate surface area is 115 Å². The molecule has 0 spiro atoms. The van der Waals surface area contributed by atoms with E-state index in [1.165, 1.54) is 0 Å². The number of nitrogens with two attached hydrogens (primary N) is 1. The molecule has 0 saturated heterocycles. The zero-order valence-corrected chi connectivity index (χ0v) is 12.3. The average Bonchev–Trinajstić information content (AvgIpc) is 3.07. The maximum atomic E-state index is 12.3. The summed E-state index contributed by atoms with van der Waals surface area (Å²) in [5.41, 5.74) is 4.85. The summed E-state index contributed by atoms with van der Waals surface area (Å²) >= 11 is 0. The van der Waals surface area contributed by atoms with Gasteiger partial charge in [-0.15, -0.1) is 0 Å². The van der Waals surface area contributed by atoms with Gasteiger partial charge in [-0.05, 0) is 39.3 Å². The van der Waals surface area contributed by atoms with Crippen molar-refractivity contribution >= 4 is 11.7 Å². The molecule has 4 N–H and O–H groups in total. The van der Waals surface area contributed by atoms with Gasteiger partial charge < -0.3 is 21.2 Å². The Morgan fingerprint density at radius 3 is 2.42 bits per heavy atom. The van der Waals surface area contributed by atoms with Crippen molar-refractivity contribution in [2.45, 2.75) is 39.2 Å². The number of rotatable bonds is 7. The molecule has 1 amide bonds. The molecule has 0 bridgehead atoms. The Balaban J connectivity index is 2.66. The van der Waals surface area contributed by atoms with Crippen molar-refractivity contribution in [3.63, 3.8) is 0 Å². The number of oxime groups is 1. The molecule has 1 unspecified atom stereocenters. The number of amidine groups is 1. The van der Waals surface area contributed by atoms with Crippen LogP contribution in [0.2, 0.25) is 0 Å². The Morgan fingerprint density at radius 1 is 1.47 bits per heavy atom. The van der Waals surface area contributed by atoms with E-state index in [1.54, 1.807) is 0 Å². The molecule has 1 rings (SSSR count). The van der Waals surface area contributed by atoms with E-state index in [-0.39, 0.29) is 17.8 Å². The predicted molar refractivity (Wildman–Crippen MR) is 75.0 cm³/mol. The number of hydrogen-bond acceptors (Lipinski definition) is 4. The van der Waals surface area contributed by atoms with Crippen molar-refractivity contribution in [2.75, 3.05) is 20.6 Å². The van der Waals surface area contributed by atoms with Crippen molar-refractivity contribution in [1.82, 2.24) is 10.2 Å². The highest BCUT2D eigenvalue weighted by Crippen LogP contribution is 2.46. The number of nitrogens with one attached hydrogen (secondary N) is 1. The first kappa shape index (κ1) is 15.8. The molecule has 0 aromatic rings. The van der Waals surface area contributed by atoms with Crippen LogP contribution in [0.25, 0.3) is 0 Å². The highest BCUT2D eigenvalue weighted by molar-refractivity contribution is 6.09. The van der Waals surface area contributed by atoms with Gasteiger partial charge in [0.2, 0.25) is 5.91 Å². The second-order valence-corrected chi connectivity index (χ2v) is 6.13. The fourth-order valence-corrected chi connectivity index (χ4v) is 2.33. The van der Waals surface area contributed by atoms with Gasteiger partial charge in [-0.3, -0.25) is 4.79 Å².